The van der Waals surface area contributed by atoms with E-state index in [1.807, 2.05) is 0 Å². The average molecular weight is 402 g/mol. The van der Waals surface area contributed by atoms with Gasteiger partial charge in [0.25, 0.3) is 0 Å². The molecule has 154 valence electrons. The highest BCUT2D eigenvalue weighted by Gasteiger charge is 2.23. The van der Waals surface area contributed by atoms with E-state index in [9.17, 15) is 0 Å². The molecular formula is C22H35N5S. The van der Waals surface area contributed by atoms with Crippen LogP contribution in [0.25, 0.3) is 10.2 Å². The summed E-state index contributed by atoms with van der Waals surface area (Å²) in [6.07, 6.45) is 9.71. The zero-order chi connectivity index (χ0) is 19.5. The minimum Gasteiger partial charge on any atom is -0.356 e. The molecule has 2 aliphatic heterocycles. The highest BCUT2D eigenvalue weighted by Crippen LogP contribution is 2.35. The minimum absolute atomic E-state index is 0.792. The van der Waals surface area contributed by atoms with E-state index in [2.05, 4.69) is 46.0 Å². The predicted molar refractivity (Wildman–Crippen MR) is 120 cm³/mol. The van der Waals surface area contributed by atoms with Gasteiger partial charge < -0.3 is 15.1 Å². The zero-order valence-electron chi connectivity index (χ0n) is 17.7. The second-order valence-electron chi connectivity index (χ2n) is 8.71. The third-order valence-electron chi connectivity index (χ3n) is 6.87. The first-order chi connectivity index (χ1) is 13.6. The standard InChI is InChI=1S/C22H35N5S/c1-16-17(2)28-22-20(16)21(24-15-25-22)27-12-8-18(9-13-27)14-23-10-7-19-6-4-5-11-26(19)3/h15,18-19,23H,4-14H2,1-3H3. The highest BCUT2D eigenvalue weighted by molar-refractivity contribution is 7.18. The van der Waals surface area contributed by atoms with Crippen LogP contribution in [0.4, 0.5) is 5.82 Å². The van der Waals surface area contributed by atoms with Gasteiger partial charge in [-0.1, -0.05) is 6.42 Å². The summed E-state index contributed by atoms with van der Waals surface area (Å²) in [6, 6.07) is 0.792. The van der Waals surface area contributed by atoms with Gasteiger partial charge in [-0.05, 0) is 84.1 Å². The van der Waals surface area contributed by atoms with Crippen LogP contribution in [-0.4, -0.2) is 60.7 Å². The lowest BCUT2D eigenvalue weighted by molar-refractivity contribution is 0.175. The molecular weight excluding hydrogens is 366 g/mol. The van der Waals surface area contributed by atoms with E-state index in [0.29, 0.717) is 0 Å². The van der Waals surface area contributed by atoms with Gasteiger partial charge in [-0.3, -0.25) is 0 Å². The van der Waals surface area contributed by atoms with Gasteiger partial charge in [0.1, 0.15) is 17.0 Å². The monoisotopic (exact) mass is 401 g/mol. The fraction of sp³-hybridized carbons (Fsp3) is 0.727. The van der Waals surface area contributed by atoms with Gasteiger partial charge in [0, 0.05) is 24.0 Å². The van der Waals surface area contributed by atoms with Crippen molar-refractivity contribution in [2.24, 2.45) is 5.92 Å². The molecule has 2 aromatic heterocycles. The van der Waals surface area contributed by atoms with E-state index in [4.69, 9.17) is 0 Å². The lowest BCUT2D eigenvalue weighted by atomic mass is 9.96. The van der Waals surface area contributed by atoms with Crippen molar-refractivity contribution in [2.45, 2.75) is 58.4 Å². The molecule has 0 aromatic carbocycles. The topological polar surface area (TPSA) is 44.3 Å². The van der Waals surface area contributed by atoms with Gasteiger partial charge in [0.05, 0.1) is 5.39 Å². The molecule has 0 saturated carbocycles. The molecule has 0 spiro atoms. The number of nitrogens with one attached hydrogen (secondary N) is 1. The Hall–Kier alpha value is -1.24. The van der Waals surface area contributed by atoms with E-state index in [1.165, 1.54) is 67.4 Å². The SMILES string of the molecule is Cc1sc2ncnc(N3CCC(CNCCC4CCCCN4C)CC3)c2c1C. The predicted octanol–water partition coefficient (Wildman–Crippen LogP) is 3.99. The molecule has 1 atom stereocenters. The number of nitrogens with zero attached hydrogens (tertiary/aromatic N) is 4. The molecule has 0 amide bonds. The fourth-order valence-corrected chi connectivity index (χ4v) is 5.83. The molecule has 2 saturated heterocycles. The van der Waals surface area contributed by atoms with Crippen LogP contribution in [-0.2, 0) is 0 Å². The Morgan fingerprint density at radius 2 is 1.93 bits per heavy atom. The molecule has 2 aromatic rings. The van der Waals surface area contributed by atoms with Crippen LogP contribution in [0.2, 0.25) is 0 Å². The number of rotatable bonds is 6. The number of hydrogen-bond donors (Lipinski definition) is 1. The Bertz CT molecular complexity index is 781. The van der Waals surface area contributed by atoms with Crippen molar-refractivity contribution in [3.05, 3.63) is 16.8 Å². The Morgan fingerprint density at radius 1 is 1.11 bits per heavy atom. The van der Waals surface area contributed by atoms with Gasteiger partial charge in [-0.2, -0.15) is 0 Å². The molecule has 28 heavy (non-hydrogen) atoms. The molecule has 0 radical (unpaired) electrons. The second-order valence-corrected chi connectivity index (χ2v) is 9.92. The molecule has 1 N–H and O–H groups in total. The molecule has 6 heteroatoms. The van der Waals surface area contributed by atoms with Crippen molar-refractivity contribution in [3.63, 3.8) is 0 Å². The Kier molecular flexibility index (Phi) is 6.48. The number of thiophene rings is 1. The van der Waals surface area contributed by atoms with Gasteiger partial charge in [0.2, 0.25) is 0 Å². The van der Waals surface area contributed by atoms with Gasteiger partial charge >= 0.3 is 0 Å². The molecule has 4 rings (SSSR count). The van der Waals surface area contributed by atoms with Crippen LogP contribution in [0.1, 0.15) is 49.0 Å². The Balaban J connectivity index is 1.25. The summed E-state index contributed by atoms with van der Waals surface area (Å²) in [6.45, 7) is 10.2. The largest absolute Gasteiger partial charge is 0.356 e. The van der Waals surface area contributed by atoms with Crippen LogP contribution in [0.15, 0.2) is 6.33 Å². The van der Waals surface area contributed by atoms with Gasteiger partial charge in [0.15, 0.2) is 0 Å². The molecule has 1 unspecified atom stereocenters. The van der Waals surface area contributed by atoms with E-state index < -0.39 is 0 Å². The molecule has 4 heterocycles. The van der Waals surface area contributed by atoms with Crippen LogP contribution >= 0.6 is 11.3 Å². The first kappa shape index (κ1) is 20.0. The first-order valence-electron chi connectivity index (χ1n) is 11.0. The number of hydrogen-bond acceptors (Lipinski definition) is 6. The number of anilines is 1. The van der Waals surface area contributed by atoms with Gasteiger partial charge in [-0.15, -0.1) is 11.3 Å². The summed E-state index contributed by atoms with van der Waals surface area (Å²) in [7, 11) is 2.29. The quantitative estimate of drug-likeness (QED) is 0.742. The van der Waals surface area contributed by atoms with E-state index in [1.54, 1.807) is 17.7 Å². The van der Waals surface area contributed by atoms with Crippen molar-refractivity contribution in [2.75, 3.05) is 44.7 Å². The smallest absolute Gasteiger partial charge is 0.141 e. The molecule has 0 bridgehead atoms. The maximum atomic E-state index is 4.67. The van der Waals surface area contributed by atoms with Crippen molar-refractivity contribution in [3.8, 4) is 0 Å². The lowest BCUT2D eigenvalue weighted by Crippen LogP contribution is -2.40. The minimum atomic E-state index is 0.792. The number of aromatic nitrogens is 2. The summed E-state index contributed by atoms with van der Waals surface area (Å²) in [5.41, 5.74) is 1.35. The third-order valence-corrected chi connectivity index (χ3v) is 7.98. The van der Waals surface area contributed by atoms with Crippen LogP contribution in [0.3, 0.4) is 0 Å². The Labute approximate surface area is 173 Å². The van der Waals surface area contributed by atoms with Crippen LogP contribution in [0, 0.1) is 19.8 Å². The number of piperidine rings is 2. The van der Waals surface area contributed by atoms with Crippen molar-refractivity contribution in [1.82, 2.24) is 20.2 Å². The summed E-state index contributed by atoms with van der Waals surface area (Å²) in [5.74, 6) is 1.95. The third kappa shape index (κ3) is 4.34. The average Bonchev–Trinajstić information content (AvgIpc) is 3.01. The maximum absolute atomic E-state index is 4.67. The summed E-state index contributed by atoms with van der Waals surface area (Å²) in [5, 5.41) is 5.03. The molecule has 0 aliphatic carbocycles. The van der Waals surface area contributed by atoms with Gasteiger partial charge in [-0.25, -0.2) is 9.97 Å². The lowest BCUT2D eigenvalue weighted by Gasteiger charge is -2.34. The zero-order valence-corrected chi connectivity index (χ0v) is 18.5. The van der Waals surface area contributed by atoms with Crippen molar-refractivity contribution in [1.29, 1.82) is 0 Å². The molecule has 2 aliphatic rings. The van der Waals surface area contributed by atoms with Crippen molar-refractivity contribution >= 4 is 27.4 Å². The van der Waals surface area contributed by atoms with Crippen LogP contribution in [0.5, 0.6) is 0 Å². The number of fused-ring (bicyclic) bond motifs is 1. The molecule has 2 fully saturated rings. The fourth-order valence-electron chi connectivity index (χ4n) is 4.84. The van der Waals surface area contributed by atoms with E-state index >= 15 is 0 Å². The van der Waals surface area contributed by atoms with Crippen LogP contribution < -0.4 is 10.2 Å². The molecule has 5 nitrogen and oxygen atoms in total. The Morgan fingerprint density at radius 3 is 2.71 bits per heavy atom. The van der Waals surface area contributed by atoms with Crippen molar-refractivity contribution < 1.29 is 0 Å². The van der Waals surface area contributed by atoms with E-state index in [0.717, 1.165) is 42.2 Å². The summed E-state index contributed by atoms with van der Waals surface area (Å²) < 4.78 is 0. The second kappa shape index (κ2) is 9.06. The normalized spacial score (nSPS) is 22.2. The summed E-state index contributed by atoms with van der Waals surface area (Å²) in [4.78, 5) is 16.7. The first-order valence-corrected chi connectivity index (χ1v) is 11.8. The number of aryl methyl sites for hydroxylation is 2. The number of likely N-dealkylation sites (tertiary alicyclic amines) is 1. The summed E-state index contributed by atoms with van der Waals surface area (Å²) >= 11 is 1.79. The maximum Gasteiger partial charge on any atom is 0.141 e. The highest BCUT2D eigenvalue weighted by atomic mass is 32.1. The van der Waals surface area contributed by atoms with E-state index in [-0.39, 0.29) is 0 Å².